The molecule has 2 aliphatic heterocycles. The number of alkyl halides is 1. The smallest absolute Gasteiger partial charge is 0.317 e. The molecule has 3 rings (SSSR count). The maximum absolute atomic E-state index is 12.0. The fourth-order valence-electron chi connectivity index (χ4n) is 3.67. The molecule has 0 bridgehead atoms. The summed E-state index contributed by atoms with van der Waals surface area (Å²) in [5.74, 6) is 1.36. The third-order valence-corrected chi connectivity index (χ3v) is 5.26. The van der Waals surface area contributed by atoms with Gasteiger partial charge in [-0.3, -0.25) is 9.88 Å². The number of pyridine rings is 1. The molecule has 1 aromatic rings. The van der Waals surface area contributed by atoms with Crippen LogP contribution in [0.3, 0.4) is 0 Å². The van der Waals surface area contributed by atoms with E-state index in [0.717, 1.165) is 57.6 Å². The van der Waals surface area contributed by atoms with E-state index in [1.165, 1.54) is 0 Å². The van der Waals surface area contributed by atoms with Crippen molar-refractivity contribution in [1.29, 1.82) is 0 Å². The zero-order valence-electron chi connectivity index (χ0n) is 14.6. The molecular weight excluding hydrogens is 340 g/mol. The van der Waals surface area contributed by atoms with Gasteiger partial charge in [0.25, 0.3) is 0 Å². The van der Waals surface area contributed by atoms with E-state index in [4.69, 9.17) is 16.3 Å². The number of urea groups is 1. The van der Waals surface area contributed by atoms with Crippen LogP contribution in [0.2, 0.25) is 0 Å². The number of nitrogens with zero attached hydrogens (tertiary/aromatic N) is 3. The van der Waals surface area contributed by atoms with Crippen molar-refractivity contribution in [3.05, 3.63) is 24.5 Å². The van der Waals surface area contributed by atoms with E-state index in [-0.39, 0.29) is 6.03 Å². The Bertz CT molecular complexity index is 529. The highest BCUT2D eigenvalue weighted by Crippen LogP contribution is 2.23. The van der Waals surface area contributed by atoms with Crippen molar-refractivity contribution in [2.45, 2.75) is 37.8 Å². The third kappa shape index (κ3) is 5.22. The lowest BCUT2D eigenvalue weighted by Crippen LogP contribution is -2.52. The molecule has 2 fully saturated rings. The summed E-state index contributed by atoms with van der Waals surface area (Å²) in [7, 11) is 0. The Kier molecular flexibility index (Phi) is 6.76. The summed E-state index contributed by atoms with van der Waals surface area (Å²) in [4.78, 5) is 20.5. The molecule has 2 amide bonds. The van der Waals surface area contributed by atoms with Crippen molar-refractivity contribution in [2.24, 2.45) is 0 Å². The number of nitrogens with one attached hydrogen (secondary N) is 1. The van der Waals surface area contributed by atoms with Crippen LogP contribution in [0.25, 0.3) is 0 Å². The van der Waals surface area contributed by atoms with Gasteiger partial charge in [-0.25, -0.2) is 4.79 Å². The quantitative estimate of drug-likeness (QED) is 0.813. The number of aromatic nitrogens is 1. The summed E-state index contributed by atoms with van der Waals surface area (Å²) in [5.41, 5.74) is 0. The van der Waals surface area contributed by atoms with Crippen LogP contribution in [0.1, 0.15) is 25.7 Å². The third-order valence-electron chi connectivity index (χ3n) is 5.07. The van der Waals surface area contributed by atoms with Gasteiger partial charge >= 0.3 is 6.03 Å². The highest BCUT2D eigenvalue weighted by atomic mass is 35.5. The number of hydrogen-bond donors (Lipinski definition) is 1. The van der Waals surface area contributed by atoms with Crippen LogP contribution < -0.4 is 10.1 Å². The Morgan fingerprint density at radius 2 is 1.84 bits per heavy atom. The Balaban J connectivity index is 1.38. The van der Waals surface area contributed by atoms with Gasteiger partial charge in [-0.2, -0.15) is 0 Å². The molecular formula is C18H27ClN4O2. The fraction of sp³-hybridized carbons (Fsp3) is 0.667. The number of piperidine rings is 2. The molecule has 0 saturated carbocycles. The zero-order valence-corrected chi connectivity index (χ0v) is 15.3. The van der Waals surface area contributed by atoms with Crippen molar-refractivity contribution in [3.63, 3.8) is 0 Å². The molecule has 0 aromatic carbocycles. The Morgan fingerprint density at radius 3 is 2.48 bits per heavy atom. The van der Waals surface area contributed by atoms with E-state index in [1.54, 1.807) is 12.4 Å². The molecule has 1 aromatic heterocycles. The lowest BCUT2D eigenvalue weighted by atomic mass is 9.99. The summed E-state index contributed by atoms with van der Waals surface area (Å²) in [6.45, 7) is 4.32. The van der Waals surface area contributed by atoms with Crippen LogP contribution in [0.4, 0.5) is 4.79 Å². The normalized spacial score (nSPS) is 20.4. The number of ether oxygens (including phenoxy) is 1. The number of halogens is 1. The molecule has 0 unspecified atom stereocenters. The summed E-state index contributed by atoms with van der Waals surface area (Å²) in [6, 6.07) is 4.43. The van der Waals surface area contributed by atoms with Gasteiger partial charge in [0.15, 0.2) is 0 Å². The monoisotopic (exact) mass is 366 g/mol. The SMILES string of the molecule is O=C(NCCCl)N1CCC(N2CCC(Oc3ccncc3)CC2)CC1. The van der Waals surface area contributed by atoms with E-state index < -0.39 is 0 Å². The van der Waals surface area contributed by atoms with Crippen LogP contribution in [0.5, 0.6) is 5.75 Å². The molecule has 3 heterocycles. The molecule has 1 N–H and O–H groups in total. The van der Waals surface area contributed by atoms with Gasteiger partial charge in [0.1, 0.15) is 11.9 Å². The first-order valence-electron chi connectivity index (χ1n) is 9.15. The molecule has 0 radical (unpaired) electrons. The molecule has 0 atom stereocenters. The van der Waals surface area contributed by atoms with Crippen LogP contribution >= 0.6 is 11.6 Å². The predicted octanol–water partition coefficient (Wildman–Crippen LogP) is 2.34. The molecule has 25 heavy (non-hydrogen) atoms. The van der Waals surface area contributed by atoms with Gasteiger partial charge in [0, 0.05) is 57.0 Å². The number of likely N-dealkylation sites (tertiary alicyclic amines) is 2. The molecule has 2 saturated heterocycles. The Morgan fingerprint density at radius 1 is 1.16 bits per heavy atom. The molecule has 2 aliphatic rings. The van der Waals surface area contributed by atoms with E-state index in [2.05, 4.69) is 15.2 Å². The largest absolute Gasteiger partial charge is 0.490 e. The maximum Gasteiger partial charge on any atom is 0.317 e. The van der Waals surface area contributed by atoms with Crippen LogP contribution in [0.15, 0.2) is 24.5 Å². The van der Waals surface area contributed by atoms with Crippen LogP contribution in [-0.4, -0.2) is 71.6 Å². The second-order valence-electron chi connectivity index (χ2n) is 6.68. The second-order valence-corrected chi connectivity index (χ2v) is 7.05. The van der Waals surface area contributed by atoms with Crippen molar-refractivity contribution < 1.29 is 9.53 Å². The second kappa shape index (κ2) is 9.25. The summed E-state index contributed by atoms with van der Waals surface area (Å²) in [5, 5.41) is 2.85. The van der Waals surface area contributed by atoms with Gasteiger partial charge < -0.3 is 15.0 Å². The number of carbonyl (C=O) groups excluding carboxylic acids is 1. The molecule has 6 nitrogen and oxygen atoms in total. The first kappa shape index (κ1) is 18.3. The van der Waals surface area contributed by atoms with Gasteiger partial charge in [-0.1, -0.05) is 0 Å². The van der Waals surface area contributed by atoms with Crippen molar-refractivity contribution in [2.75, 3.05) is 38.6 Å². The Hall–Kier alpha value is -1.53. The topological polar surface area (TPSA) is 57.7 Å². The minimum Gasteiger partial charge on any atom is -0.490 e. The average molecular weight is 367 g/mol. The average Bonchev–Trinajstić information content (AvgIpc) is 2.68. The first-order valence-corrected chi connectivity index (χ1v) is 9.69. The predicted molar refractivity (Wildman–Crippen MR) is 98.2 cm³/mol. The van der Waals surface area contributed by atoms with Crippen molar-refractivity contribution >= 4 is 17.6 Å². The van der Waals surface area contributed by atoms with Gasteiger partial charge in [0.05, 0.1) is 0 Å². The minimum absolute atomic E-state index is 0.0172. The van der Waals surface area contributed by atoms with Gasteiger partial charge in [-0.15, -0.1) is 11.6 Å². The maximum atomic E-state index is 12.0. The highest BCUT2D eigenvalue weighted by molar-refractivity contribution is 6.18. The highest BCUT2D eigenvalue weighted by Gasteiger charge is 2.30. The number of rotatable bonds is 5. The lowest BCUT2D eigenvalue weighted by Gasteiger charge is -2.41. The summed E-state index contributed by atoms with van der Waals surface area (Å²) in [6.07, 6.45) is 8.02. The van der Waals surface area contributed by atoms with E-state index in [0.29, 0.717) is 24.6 Å². The molecule has 138 valence electrons. The number of hydrogen-bond acceptors (Lipinski definition) is 4. The van der Waals surface area contributed by atoms with E-state index in [9.17, 15) is 4.79 Å². The van der Waals surface area contributed by atoms with E-state index >= 15 is 0 Å². The molecule has 0 spiro atoms. The minimum atomic E-state index is 0.0172. The van der Waals surface area contributed by atoms with Crippen LogP contribution in [-0.2, 0) is 0 Å². The molecule has 7 heteroatoms. The lowest BCUT2D eigenvalue weighted by molar-refractivity contribution is 0.0536. The Labute approximate surface area is 154 Å². The fourth-order valence-corrected chi connectivity index (χ4v) is 3.76. The van der Waals surface area contributed by atoms with Crippen molar-refractivity contribution in [1.82, 2.24) is 20.1 Å². The number of amides is 2. The van der Waals surface area contributed by atoms with Crippen LogP contribution in [0, 0.1) is 0 Å². The zero-order chi connectivity index (χ0) is 17.5. The standard InChI is InChI=1S/C18H27ClN4O2/c19-7-10-21-18(24)23-11-3-15(4-12-23)22-13-5-17(6-14-22)25-16-1-8-20-9-2-16/h1-2,8-9,15,17H,3-7,10-14H2,(H,21,24). The first-order chi connectivity index (χ1) is 12.3. The number of carbonyl (C=O) groups is 1. The van der Waals surface area contributed by atoms with E-state index in [1.807, 2.05) is 17.0 Å². The van der Waals surface area contributed by atoms with Gasteiger partial charge in [-0.05, 0) is 37.8 Å². The molecule has 0 aliphatic carbocycles. The van der Waals surface area contributed by atoms with Gasteiger partial charge in [0.2, 0.25) is 0 Å². The summed E-state index contributed by atoms with van der Waals surface area (Å²) >= 11 is 5.62. The summed E-state index contributed by atoms with van der Waals surface area (Å²) < 4.78 is 6.04. The van der Waals surface area contributed by atoms with Crippen molar-refractivity contribution in [3.8, 4) is 5.75 Å².